The van der Waals surface area contributed by atoms with Crippen molar-refractivity contribution in [2.24, 2.45) is 0 Å². The smallest absolute Gasteiger partial charge is 0.258 e. The van der Waals surface area contributed by atoms with Crippen molar-refractivity contribution in [3.05, 3.63) is 89.0 Å². The first-order chi connectivity index (χ1) is 14.9. The molecule has 3 heterocycles. The van der Waals surface area contributed by atoms with Crippen LogP contribution in [0.25, 0.3) is 17.0 Å². The summed E-state index contributed by atoms with van der Waals surface area (Å²) in [5.74, 6) is 1.33. The van der Waals surface area contributed by atoms with E-state index < -0.39 is 0 Å². The standard InChI is InChI=1S/C24H25N5OS/c1-5-13-29-22(17-9-11-18(12-10-17)24(2,3)4)26-27-23(29)31-16-19-15-21(30)28-14-7-6-8-20(28)25-19/h5-12,14-15H,1,13,16H2,2-4H3. The molecule has 3 aromatic heterocycles. The van der Waals surface area contributed by atoms with Crippen LogP contribution in [0.1, 0.15) is 32.0 Å². The summed E-state index contributed by atoms with van der Waals surface area (Å²) in [7, 11) is 0. The first-order valence-electron chi connectivity index (χ1n) is 10.1. The SMILES string of the molecule is C=CCn1c(SCc2cc(=O)n3ccccc3n2)nnc1-c1ccc(C(C)(C)C)cc1. The number of rotatable bonds is 6. The van der Waals surface area contributed by atoms with Crippen molar-refractivity contribution in [1.29, 1.82) is 0 Å². The highest BCUT2D eigenvalue weighted by Crippen LogP contribution is 2.28. The van der Waals surface area contributed by atoms with Crippen LogP contribution < -0.4 is 5.56 Å². The second kappa shape index (κ2) is 8.51. The van der Waals surface area contributed by atoms with Gasteiger partial charge in [0.15, 0.2) is 11.0 Å². The molecule has 0 saturated heterocycles. The topological polar surface area (TPSA) is 65.1 Å². The Morgan fingerprint density at radius 2 is 1.87 bits per heavy atom. The fraction of sp³-hybridized carbons (Fsp3) is 0.250. The zero-order valence-electron chi connectivity index (χ0n) is 17.9. The molecule has 4 aromatic rings. The Morgan fingerprint density at radius 3 is 2.58 bits per heavy atom. The molecular weight excluding hydrogens is 406 g/mol. The van der Waals surface area contributed by atoms with E-state index in [-0.39, 0.29) is 11.0 Å². The van der Waals surface area contributed by atoms with Crippen LogP contribution in [0.2, 0.25) is 0 Å². The normalized spacial score (nSPS) is 11.7. The van der Waals surface area contributed by atoms with Crippen molar-refractivity contribution in [1.82, 2.24) is 24.1 Å². The van der Waals surface area contributed by atoms with Gasteiger partial charge in [0.2, 0.25) is 0 Å². The van der Waals surface area contributed by atoms with E-state index in [9.17, 15) is 4.79 Å². The molecule has 0 radical (unpaired) electrons. The molecule has 0 amide bonds. The number of benzene rings is 1. The maximum atomic E-state index is 12.3. The minimum Gasteiger partial charge on any atom is -0.298 e. The number of hydrogen-bond donors (Lipinski definition) is 0. The summed E-state index contributed by atoms with van der Waals surface area (Å²) >= 11 is 1.51. The van der Waals surface area contributed by atoms with Crippen molar-refractivity contribution >= 4 is 17.4 Å². The quantitative estimate of drug-likeness (QED) is 0.326. The van der Waals surface area contributed by atoms with Gasteiger partial charge in [-0.1, -0.05) is 68.9 Å². The van der Waals surface area contributed by atoms with Crippen molar-refractivity contribution in [2.45, 2.75) is 43.6 Å². The summed E-state index contributed by atoms with van der Waals surface area (Å²) < 4.78 is 3.57. The summed E-state index contributed by atoms with van der Waals surface area (Å²) in [4.78, 5) is 16.9. The van der Waals surface area contributed by atoms with Gasteiger partial charge in [-0.3, -0.25) is 13.8 Å². The predicted molar refractivity (Wildman–Crippen MR) is 125 cm³/mol. The van der Waals surface area contributed by atoms with Gasteiger partial charge in [0.05, 0.1) is 5.69 Å². The number of fused-ring (bicyclic) bond motifs is 1. The number of thioether (sulfide) groups is 1. The van der Waals surface area contributed by atoms with E-state index in [1.807, 2.05) is 28.8 Å². The maximum Gasteiger partial charge on any atom is 0.258 e. The van der Waals surface area contributed by atoms with Gasteiger partial charge in [-0.25, -0.2) is 4.98 Å². The summed E-state index contributed by atoms with van der Waals surface area (Å²) in [5.41, 5.74) is 3.64. The average molecular weight is 432 g/mol. The van der Waals surface area contributed by atoms with Crippen molar-refractivity contribution in [3.8, 4) is 11.4 Å². The van der Waals surface area contributed by atoms with Crippen LogP contribution in [0.3, 0.4) is 0 Å². The van der Waals surface area contributed by atoms with Gasteiger partial charge in [0, 0.05) is 30.1 Å². The highest BCUT2D eigenvalue weighted by Gasteiger charge is 2.17. The molecule has 7 heteroatoms. The Balaban J connectivity index is 1.61. The highest BCUT2D eigenvalue weighted by molar-refractivity contribution is 7.98. The van der Waals surface area contributed by atoms with Crippen molar-refractivity contribution < 1.29 is 0 Å². The minimum atomic E-state index is -0.0895. The maximum absolute atomic E-state index is 12.3. The molecular formula is C24H25N5OS. The van der Waals surface area contributed by atoms with E-state index in [0.717, 1.165) is 16.5 Å². The third kappa shape index (κ3) is 4.46. The number of nitrogens with zero attached hydrogens (tertiary/aromatic N) is 5. The van der Waals surface area contributed by atoms with Crippen molar-refractivity contribution in [2.75, 3.05) is 0 Å². The zero-order valence-corrected chi connectivity index (χ0v) is 18.8. The van der Waals surface area contributed by atoms with Crippen LogP contribution in [-0.4, -0.2) is 24.1 Å². The molecule has 0 aliphatic rings. The second-order valence-electron chi connectivity index (χ2n) is 8.34. The second-order valence-corrected chi connectivity index (χ2v) is 9.28. The van der Waals surface area contributed by atoms with Gasteiger partial charge < -0.3 is 0 Å². The first kappa shape index (κ1) is 21.1. The number of aromatic nitrogens is 5. The fourth-order valence-electron chi connectivity index (χ4n) is 3.34. The lowest BCUT2D eigenvalue weighted by Gasteiger charge is -2.19. The molecule has 4 rings (SSSR count). The molecule has 6 nitrogen and oxygen atoms in total. The molecule has 1 aromatic carbocycles. The van der Waals surface area contributed by atoms with E-state index in [4.69, 9.17) is 0 Å². The van der Waals surface area contributed by atoms with E-state index in [0.29, 0.717) is 23.6 Å². The summed E-state index contributed by atoms with van der Waals surface area (Å²) in [6.07, 6.45) is 3.56. The molecule has 158 valence electrons. The molecule has 31 heavy (non-hydrogen) atoms. The van der Waals surface area contributed by atoms with Gasteiger partial charge in [-0.2, -0.15) is 0 Å². The molecule has 0 atom stereocenters. The molecule has 0 saturated carbocycles. The van der Waals surface area contributed by atoms with Crippen LogP contribution in [0.15, 0.2) is 77.3 Å². The summed E-state index contributed by atoms with van der Waals surface area (Å²) in [6.45, 7) is 11.1. The zero-order chi connectivity index (χ0) is 22.0. The Hall–Kier alpha value is -3.19. The van der Waals surface area contributed by atoms with E-state index in [1.54, 1.807) is 12.3 Å². The number of allylic oxidation sites excluding steroid dienone is 1. The van der Waals surface area contributed by atoms with Gasteiger partial charge >= 0.3 is 0 Å². The van der Waals surface area contributed by atoms with Crippen molar-refractivity contribution in [3.63, 3.8) is 0 Å². The largest absolute Gasteiger partial charge is 0.298 e. The lowest BCUT2D eigenvalue weighted by molar-refractivity contribution is 0.590. The lowest BCUT2D eigenvalue weighted by Crippen LogP contribution is -2.14. The van der Waals surface area contributed by atoms with Crippen LogP contribution in [-0.2, 0) is 17.7 Å². The minimum absolute atomic E-state index is 0.0895. The Labute approximate surface area is 185 Å². The highest BCUT2D eigenvalue weighted by atomic mass is 32.2. The molecule has 0 bridgehead atoms. The van der Waals surface area contributed by atoms with Crippen LogP contribution in [0.4, 0.5) is 0 Å². The predicted octanol–water partition coefficient (Wildman–Crippen LogP) is 4.73. The molecule has 0 aliphatic heterocycles. The first-order valence-corrected chi connectivity index (χ1v) is 11.1. The molecule has 0 N–H and O–H groups in total. The number of hydrogen-bond acceptors (Lipinski definition) is 5. The van der Waals surface area contributed by atoms with E-state index >= 15 is 0 Å². The average Bonchev–Trinajstić information content (AvgIpc) is 3.15. The molecule has 0 fully saturated rings. The lowest BCUT2D eigenvalue weighted by atomic mass is 9.87. The summed E-state index contributed by atoms with van der Waals surface area (Å²) in [5, 5.41) is 9.60. The van der Waals surface area contributed by atoms with Gasteiger partial charge in [0.1, 0.15) is 5.65 Å². The van der Waals surface area contributed by atoms with Crippen LogP contribution >= 0.6 is 11.8 Å². The molecule has 0 aliphatic carbocycles. The third-order valence-electron chi connectivity index (χ3n) is 5.01. The van der Waals surface area contributed by atoms with Gasteiger partial charge in [-0.05, 0) is 23.1 Å². The number of pyridine rings is 1. The third-order valence-corrected chi connectivity index (χ3v) is 6.01. The Bertz CT molecular complexity index is 1280. The molecule has 0 spiro atoms. The monoisotopic (exact) mass is 431 g/mol. The van der Waals surface area contributed by atoms with Crippen LogP contribution in [0.5, 0.6) is 0 Å². The van der Waals surface area contributed by atoms with E-state index in [2.05, 4.69) is 66.8 Å². The Morgan fingerprint density at radius 1 is 1.10 bits per heavy atom. The fourth-order valence-corrected chi connectivity index (χ4v) is 4.18. The van der Waals surface area contributed by atoms with Crippen LogP contribution in [0, 0.1) is 0 Å². The summed E-state index contributed by atoms with van der Waals surface area (Å²) in [6, 6.07) is 15.5. The van der Waals surface area contributed by atoms with E-state index in [1.165, 1.54) is 21.7 Å². The van der Waals surface area contributed by atoms with Gasteiger partial charge in [-0.15, -0.1) is 16.8 Å². The Kier molecular flexibility index (Phi) is 5.78. The van der Waals surface area contributed by atoms with Gasteiger partial charge in [0.25, 0.3) is 5.56 Å². The molecule has 0 unspecified atom stereocenters.